The number of carbonyl (C=O) groups is 4. The first-order valence-corrected chi connectivity index (χ1v) is 10.2. The van der Waals surface area contributed by atoms with Crippen LogP contribution in [0, 0.1) is 0 Å². The number of carboxylic acid groups (broad SMARTS) is 2. The van der Waals surface area contributed by atoms with E-state index in [0.717, 1.165) is 0 Å². The number of hydrogen-bond acceptors (Lipinski definition) is 6. The molecule has 0 saturated carbocycles. The highest BCUT2D eigenvalue weighted by Crippen LogP contribution is 2.30. The SMILES string of the molecule is O=C(N[C@@H](SS[C@H](NC(=O)c1ccccc1)C(=O)O)C(=O)O)c1ccccc1. The van der Waals surface area contributed by atoms with Crippen molar-refractivity contribution in [3.8, 4) is 0 Å². The second-order valence-corrected chi connectivity index (χ2v) is 7.79. The van der Waals surface area contributed by atoms with Crippen molar-refractivity contribution in [1.29, 1.82) is 0 Å². The summed E-state index contributed by atoms with van der Waals surface area (Å²) in [5.74, 6) is -3.91. The van der Waals surface area contributed by atoms with Gasteiger partial charge in [-0.1, -0.05) is 58.0 Å². The number of carboxylic acids is 2. The van der Waals surface area contributed by atoms with Crippen LogP contribution in [0.3, 0.4) is 0 Å². The van der Waals surface area contributed by atoms with Crippen LogP contribution in [-0.4, -0.2) is 44.7 Å². The summed E-state index contributed by atoms with van der Waals surface area (Å²) in [5, 5.41) is 20.4. The van der Waals surface area contributed by atoms with Gasteiger partial charge in [0.2, 0.25) is 0 Å². The van der Waals surface area contributed by atoms with Crippen LogP contribution in [0.4, 0.5) is 0 Å². The minimum atomic E-state index is -1.41. The lowest BCUT2D eigenvalue weighted by Gasteiger charge is -2.17. The topological polar surface area (TPSA) is 133 Å². The number of benzene rings is 2. The lowest BCUT2D eigenvalue weighted by molar-refractivity contribution is -0.137. The van der Waals surface area contributed by atoms with Crippen LogP contribution < -0.4 is 10.6 Å². The maximum atomic E-state index is 12.1. The molecule has 0 aliphatic carbocycles. The molecular formula is C18H16N2O6S2. The van der Waals surface area contributed by atoms with Gasteiger partial charge in [0.25, 0.3) is 11.8 Å². The summed E-state index contributed by atoms with van der Waals surface area (Å²) in [6.07, 6.45) is 0. The predicted molar refractivity (Wildman–Crippen MR) is 106 cm³/mol. The van der Waals surface area contributed by atoms with Gasteiger partial charge in [-0.25, -0.2) is 9.59 Å². The number of amides is 2. The van der Waals surface area contributed by atoms with E-state index >= 15 is 0 Å². The van der Waals surface area contributed by atoms with Gasteiger partial charge >= 0.3 is 11.9 Å². The van der Waals surface area contributed by atoms with Crippen LogP contribution >= 0.6 is 21.6 Å². The van der Waals surface area contributed by atoms with Crippen molar-refractivity contribution in [2.45, 2.75) is 10.7 Å². The molecular weight excluding hydrogens is 404 g/mol. The Labute approximate surface area is 168 Å². The van der Waals surface area contributed by atoms with Gasteiger partial charge in [-0.15, -0.1) is 0 Å². The fraction of sp³-hybridized carbons (Fsp3) is 0.111. The molecule has 146 valence electrons. The van der Waals surface area contributed by atoms with Crippen LogP contribution in [0.5, 0.6) is 0 Å². The molecule has 10 heteroatoms. The van der Waals surface area contributed by atoms with Gasteiger partial charge in [0, 0.05) is 11.1 Å². The fourth-order valence-electron chi connectivity index (χ4n) is 1.95. The molecule has 0 saturated heterocycles. The number of nitrogens with one attached hydrogen (secondary N) is 2. The van der Waals surface area contributed by atoms with E-state index in [-0.39, 0.29) is 11.1 Å². The lowest BCUT2D eigenvalue weighted by Crippen LogP contribution is -2.40. The predicted octanol–water partition coefficient (Wildman–Crippen LogP) is 2.05. The Balaban J connectivity index is 1.99. The highest BCUT2D eigenvalue weighted by atomic mass is 33.1. The molecule has 0 aromatic heterocycles. The molecule has 0 fully saturated rings. The minimum Gasteiger partial charge on any atom is -0.479 e. The van der Waals surface area contributed by atoms with Crippen LogP contribution in [0.1, 0.15) is 20.7 Å². The molecule has 4 N–H and O–H groups in total. The molecule has 0 spiro atoms. The van der Waals surface area contributed by atoms with Crippen molar-refractivity contribution in [3.05, 3.63) is 71.8 Å². The monoisotopic (exact) mass is 420 g/mol. The minimum absolute atomic E-state index is 0.270. The molecule has 2 aromatic rings. The van der Waals surface area contributed by atoms with Gasteiger partial charge in [-0.05, 0) is 24.3 Å². The van der Waals surface area contributed by atoms with Crippen molar-refractivity contribution >= 4 is 45.3 Å². The van der Waals surface area contributed by atoms with E-state index in [1.807, 2.05) is 0 Å². The zero-order valence-corrected chi connectivity index (χ0v) is 15.9. The van der Waals surface area contributed by atoms with E-state index in [2.05, 4.69) is 10.6 Å². The number of hydrogen-bond donors (Lipinski definition) is 4. The number of rotatable bonds is 9. The Morgan fingerprint density at radius 2 is 0.964 bits per heavy atom. The molecule has 0 heterocycles. The maximum absolute atomic E-state index is 12.1. The normalized spacial score (nSPS) is 12.4. The van der Waals surface area contributed by atoms with E-state index in [1.165, 1.54) is 24.3 Å². The molecule has 28 heavy (non-hydrogen) atoms. The van der Waals surface area contributed by atoms with Crippen LogP contribution in [0.15, 0.2) is 60.7 Å². The Morgan fingerprint density at radius 1 is 0.643 bits per heavy atom. The zero-order chi connectivity index (χ0) is 20.5. The lowest BCUT2D eigenvalue weighted by atomic mass is 10.2. The highest BCUT2D eigenvalue weighted by molar-refractivity contribution is 8.77. The quantitative estimate of drug-likeness (QED) is 0.358. The Kier molecular flexibility index (Phi) is 7.90. The summed E-state index contributed by atoms with van der Waals surface area (Å²) in [6, 6.07) is 16.0. The van der Waals surface area contributed by atoms with Crippen molar-refractivity contribution in [1.82, 2.24) is 10.6 Å². The highest BCUT2D eigenvalue weighted by Gasteiger charge is 2.27. The molecule has 0 aliphatic heterocycles. The summed E-state index contributed by atoms with van der Waals surface area (Å²) < 4.78 is 0. The van der Waals surface area contributed by atoms with Crippen molar-refractivity contribution < 1.29 is 29.4 Å². The largest absolute Gasteiger partial charge is 0.479 e. The molecule has 2 aromatic carbocycles. The van der Waals surface area contributed by atoms with Gasteiger partial charge in [0.1, 0.15) is 0 Å². The van der Waals surface area contributed by atoms with Crippen molar-refractivity contribution in [3.63, 3.8) is 0 Å². The smallest absolute Gasteiger partial charge is 0.337 e. The fourth-order valence-corrected chi connectivity index (χ4v) is 4.10. The number of carbonyl (C=O) groups excluding carboxylic acids is 2. The molecule has 0 radical (unpaired) electrons. The zero-order valence-electron chi connectivity index (χ0n) is 14.3. The molecule has 8 nitrogen and oxygen atoms in total. The van der Waals surface area contributed by atoms with Crippen molar-refractivity contribution in [2.24, 2.45) is 0 Å². The number of aliphatic carboxylic acids is 2. The first kappa shape index (κ1) is 21.3. The van der Waals surface area contributed by atoms with Crippen molar-refractivity contribution in [2.75, 3.05) is 0 Å². The standard InChI is InChI=1S/C18H16N2O6S2/c21-13(11-7-3-1-4-8-11)19-15(17(23)24)27-28-16(18(25)26)20-14(22)12-9-5-2-6-10-12/h1-10,15-16H,(H,19,21)(H,20,22)(H,23,24)(H,25,26)/t15-,16-/m0/s1. The molecule has 2 atom stereocenters. The summed E-state index contributed by atoms with van der Waals surface area (Å²) in [5.41, 5.74) is 0.540. The molecule has 0 bridgehead atoms. The van der Waals surface area contributed by atoms with E-state index in [9.17, 15) is 29.4 Å². The maximum Gasteiger partial charge on any atom is 0.337 e. The average Bonchev–Trinajstić information content (AvgIpc) is 2.70. The van der Waals surface area contributed by atoms with E-state index in [0.29, 0.717) is 21.6 Å². The van der Waals surface area contributed by atoms with Crippen LogP contribution in [0.25, 0.3) is 0 Å². The van der Waals surface area contributed by atoms with Gasteiger partial charge in [0.15, 0.2) is 10.7 Å². The average molecular weight is 420 g/mol. The van der Waals surface area contributed by atoms with Gasteiger partial charge < -0.3 is 20.8 Å². The third-order valence-corrected chi connectivity index (χ3v) is 5.92. The summed E-state index contributed by atoms with van der Waals surface area (Å²) >= 11 is 0. The van der Waals surface area contributed by atoms with Gasteiger partial charge in [-0.3, -0.25) is 9.59 Å². The molecule has 2 rings (SSSR count). The van der Waals surface area contributed by atoms with E-state index in [4.69, 9.17) is 0 Å². The van der Waals surface area contributed by atoms with E-state index < -0.39 is 34.5 Å². The van der Waals surface area contributed by atoms with Gasteiger partial charge in [-0.2, -0.15) is 0 Å². The van der Waals surface area contributed by atoms with Crippen LogP contribution in [-0.2, 0) is 9.59 Å². The molecule has 0 aliphatic rings. The third kappa shape index (κ3) is 6.32. The summed E-state index contributed by atoms with van der Waals surface area (Å²) in [7, 11) is 1.23. The Morgan fingerprint density at radius 3 is 1.25 bits per heavy atom. The Hall–Kier alpha value is -2.98. The second-order valence-electron chi connectivity index (χ2n) is 5.31. The Bertz CT molecular complexity index is 776. The third-order valence-electron chi connectivity index (χ3n) is 3.29. The van der Waals surface area contributed by atoms with E-state index in [1.54, 1.807) is 36.4 Å². The first-order chi connectivity index (χ1) is 13.4. The van der Waals surface area contributed by atoms with Gasteiger partial charge in [0.05, 0.1) is 0 Å². The van der Waals surface area contributed by atoms with Crippen LogP contribution in [0.2, 0.25) is 0 Å². The molecule has 0 unspecified atom stereocenters. The first-order valence-electron chi connectivity index (χ1n) is 7.88. The molecule has 2 amide bonds. The summed E-state index contributed by atoms with van der Waals surface area (Å²) in [6.45, 7) is 0. The summed E-state index contributed by atoms with van der Waals surface area (Å²) in [4.78, 5) is 47.1. The second kappa shape index (κ2) is 10.4.